The molecule has 0 spiro atoms. The Hall–Kier alpha value is -10.8. The van der Waals surface area contributed by atoms with Crippen LogP contribution in [0.1, 0.15) is 165 Å². The van der Waals surface area contributed by atoms with E-state index in [4.69, 9.17) is 9.84 Å². The largest absolute Gasteiger partial charge is 0.381 e. The minimum absolute atomic E-state index is 0.146. The van der Waals surface area contributed by atoms with Gasteiger partial charge in [0.05, 0.1) is 65.7 Å². The number of aryl methyl sites for hydroxylation is 3. The molecule has 1 aromatic carbocycles. The van der Waals surface area contributed by atoms with Gasteiger partial charge < -0.3 is 46.4 Å². The molecule has 29 nitrogen and oxygen atoms in total. The van der Waals surface area contributed by atoms with Gasteiger partial charge in [0.25, 0.3) is 35.4 Å². The van der Waals surface area contributed by atoms with E-state index in [1.807, 2.05) is 86.0 Å². The van der Waals surface area contributed by atoms with Gasteiger partial charge in [0.2, 0.25) is 0 Å². The quantitative estimate of drug-likeness (QED) is 0.0879. The summed E-state index contributed by atoms with van der Waals surface area (Å²) in [4.78, 5) is 91.5. The van der Waals surface area contributed by atoms with Crippen molar-refractivity contribution >= 4 is 52.5 Å². The van der Waals surface area contributed by atoms with Gasteiger partial charge in [-0.2, -0.15) is 30.6 Å². The van der Waals surface area contributed by atoms with Crippen LogP contribution in [0.25, 0.3) is 33.6 Å². The van der Waals surface area contributed by atoms with Gasteiger partial charge in [-0.15, -0.1) is 0 Å². The number of hydrogen-bond donors (Lipinski definition) is 6. The molecule has 0 unspecified atom stereocenters. The van der Waals surface area contributed by atoms with Crippen LogP contribution in [0.4, 0.5) is 17.1 Å². The maximum atomic E-state index is 13.3. The molecule has 0 aliphatic carbocycles. The van der Waals surface area contributed by atoms with Gasteiger partial charge >= 0.3 is 0 Å². The van der Waals surface area contributed by atoms with Crippen LogP contribution in [-0.4, -0.2) is 187 Å². The summed E-state index contributed by atoms with van der Waals surface area (Å²) in [6.45, 7) is 9.33. The molecular formula is C73H90N22O7. The van der Waals surface area contributed by atoms with E-state index in [2.05, 4.69) is 97.3 Å². The zero-order chi connectivity index (χ0) is 70.7. The molecule has 6 amide bonds. The summed E-state index contributed by atoms with van der Waals surface area (Å²) in [5, 5.41) is 44.2. The van der Waals surface area contributed by atoms with Crippen LogP contribution >= 0.6 is 0 Å². The third-order valence-corrected chi connectivity index (χ3v) is 18.4. The van der Waals surface area contributed by atoms with Crippen molar-refractivity contribution in [1.29, 1.82) is 0 Å². The predicted octanol–water partition coefficient (Wildman–Crippen LogP) is 8.56. The van der Waals surface area contributed by atoms with E-state index >= 15 is 0 Å². The van der Waals surface area contributed by atoms with Crippen LogP contribution in [0.2, 0.25) is 0 Å². The molecule has 12 bridgehead atoms. The van der Waals surface area contributed by atoms with Gasteiger partial charge in [0, 0.05) is 139 Å². The van der Waals surface area contributed by atoms with Crippen molar-refractivity contribution in [2.24, 2.45) is 7.05 Å². The maximum Gasteiger partial charge on any atom is 0.274 e. The molecule has 14 rings (SSSR count). The van der Waals surface area contributed by atoms with Crippen LogP contribution in [0, 0.1) is 0 Å². The van der Waals surface area contributed by atoms with Gasteiger partial charge in [-0.1, -0.05) is 62.1 Å². The van der Waals surface area contributed by atoms with Gasteiger partial charge in [-0.05, 0) is 120 Å². The number of nitrogens with one attached hydrogen (secondary N) is 6. The number of benzene rings is 1. The van der Waals surface area contributed by atoms with Crippen LogP contribution < -0.4 is 31.9 Å². The summed E-state index contributed by atoms with van der Waals surface area (Å²) in [7, 11) is 5.88. The number of ether oxygens (including phenoxy) is 1. The number of carbonyl (C=O) groups excluding carboxylic acids is 6. The number of carbonyl (C=O) groups is 6. The number of amides is 6. The number of aromatic nitrogens is 14. The summed E-state index contributed by atoms with van der Waals surface area (Å²) < 4.78 is 16.3. The first-order chi connectivity index (χ1) is 49.7. The van der Waals surface area contributed by atoms with Crippen LogP contribution in [-0.2, 0) is 31.4 Å². The standard InChI is InChI=1S/C28H39N9O2.C25H30N6O3.C20H21N7O2/c1-34(2)16-17-35-14-10-22(11-15-35)37-20-25-26(33-37)28(39)29-12-5-3-4-6-13-36-19-21(18-30-36)23-8-7-9-24(31-23)27(38)32-25;32-24-19-7-5-6-18(14-19)20-15-27-30(16-20)11-4-2-1-3-10-26-25(33)23-22(28-24)17-31(29-23)21-8-12-34-13-9-21;1-26-13-17-18(25-26)20(29)21-9-4-2-3-5-10-27-12-14(11-22-27)15-7-6-8-16(23-15)19(28)24-17/h7-9,18-20,22H,3-6,10-17H2,1-2H3,(H,29,39)(H,32,38);5-7,14-17,21H,1-4,8-13H2,(H,26,33)(H,28,32);3,5-8,11-13H,2,4,9-10H2,1H3,(H,21,29)(H,24,28)/b;;5-3+. The van der Waals surface area contributed by atoms with Crippen molar-refractivity contribution in [3.05, 3.63) is 163 Å². The predicted molar refractivity (Wildman–Crippen MR) is 385 cm³/mol. The summed E-state index contributed by atoms with van der Waals surface area (Å²) in [5.41, 5.74) is 7.81. The normalized spacial score (nSPS) is 17.7. The highest BCUT2D eigenvalue weighted by Gasteiger charge is 2.28. The topological polar surface area (TPSA) is 323 Å². The van der Waals surface area contributed by atoms with Crippen molar-refractivity contribution in [2.45, 2.75) is 122 Å². The van der Waals surface area contributed by atoms with Crippen molar-refractivity contribution in [2.75, 3.05) is 89.1 Å². The Morgan fingerprint density at radius 1 is 0.461 bits per heavy atom. The molecule has 0 radical (unpaired) electrons. The van der Waals surface area contributed by atoms with Gasteiger partial charge in [0.1, 0.15) is 11.4 Å². The van der Waals surface area contributed by atoms with Crippen molar-refractivity contribution in [3.8, 4) is 33.6 Å². The van der Waals surface area contributed by atoms with Crippen LogP contribution in [0.3, 0.4) is 0 Å². The number of nitrogens with zero attached hydrogens (tertiary/aromatic N) is 16. The molecule has 5 aliphatic rings. The Kier molecular flexibility index (Phi) is 24.1. The van der Waals surface area contributed by atoms with Crippen LogP contribution in [0.5, 0.6) is 0 Å². The monoisotopic (exact) mass is 1390 g/mol. The van der Waals surface area contributed by atoms with E-state index in [-0.39, 0.29) is 70.1 Å². The van der Waals surface area contributed by atoms with E-state index < -0.39 is 5.91 Å². The van der Waals surface area contributed by atoms with Crippen molar-refractivity contribution < 1.29 is 33.5 Å². The molecule has 534 valence electrons. The SMILES string of the molecule is CN(C)CCN1CCC(n2cc3c(n2)C(=O)NCCCCCCn2cc(cn2)-c2cccc(n2)C(=O)N3)CC1.Cn1cc2c(n1)C(=O)NCCC/C=C/Cn1cc(cn1)-c1cccc(n1)C(=O)N2.O=C1Nc2cn(C3CCOCC3)nc2C(=O)NCCCCCCn2cc(cn2)-c2cccc1c2. The number of rotatable bonds is 5. The molecule has 2 saturated heterocycles. The molecule has 2 fully saturated rings. The van der Waals surface area contributed by atoms with Gasteiger partial charge in [-0.25, -0.2) is 9.97 Å². The zero-order valence-corrected chi connectivity index (χ0v) is 58.2. The number of hydrogen-bond acceptors (Lipinski definition) is 17. The first-order valence-electron chi connectivity index (χ1n) is 35.5. The average Bonchev–Trinajstić information content (AvgIpc) is 1.67. The number of fused-ring (bicyclic) bond motifs is 18. The summed E-state index contributed by atoms with van der Waals surface area (Å²) in [6.07, 6.45) is 33.7. The number of allylic oxidation sites excluding steroid dienone is 2. The number of piperidine rings is 1. The van der Waals surface area contributed by atoms with Gasteiger partial charge in [-0.3, -0.25) is 56.9 Å². The fourth-order valence-electron chi connectivity index (χ4n) is 12.7. The Bertz CT molecular complexity index is 4390. The molecule has 29 heteroatoms. The number of anilines is 3. The summed E-state index contributed by atoms with van der Waals surface area (Å²) in [6, 6.07) is 18.4. The highest BCUT2D eigenvalue weighted by molar-refractivity contribution is 6.10. The Labute approximate surface area is 591 Å². The summed E-state index contributed by atoms with van der Waals surface area (Å²) in [5.74, 6) is -1.93. The lowest BCUT2D eigenvalue weighted by atomic mass is 10.1. The smallest absolute Gasteiger partial charge is 0.274 e. The molecule has 102 heavy (non-hydrogen) atoms. The second-order valence-corrected chi connectivity index (χ2v) is 26.4. The highest BCUT2D eigenvalue weighted by atomic mass is 16.5. The molecule has 0 atom stereocenters. The molecule has 0 saturated carbocycles. The fraction of sp³-hybridized carbons (Fsp3) is 0.425. The third kappa shape index (κ3) is 19.0. The highest BCUT2D eigenvalue weighted by Crippen LogP contribution is 2.29. The first kappa shape index (κ1) is 71.1. The first-order valence-corrected chi connectivity index (χ1v) is 35.5. The average molecular weight is 1390 g/mol. The van der Waals surface area contributed by atoms with Crippen LogP contribution in [0.15, 0.2) is 129 Å². The van der Waals surface area contributed by atoms with Crippen molar-refractivity contribution in [3.63, 3.8) is 0 Å². The molecule has 13 heterocycles. The molecule has 5 aliphatic heterocycles. The number of likely N-dealkylation sites (tertiary alicyclic amines) is 1. The van der Waals surface area contributed by atoms with E-state index in [0.717, 1.165) is 151 Å². The Morgan fingerprint density at radius 2 is 0.941 bits per heavy atom. The molecule has 8 aromatic heterocycles. The molecule has 9 aromatic rings. The Morgan fingerprint density at radius 3 is 1.54 bits per heavy atom. The van der Waals surface area contributed by atoms with E-state index in [1.54, 1.807) is 67.0 Å². The number of likely N-dealkylation sites (N-methyl/N-ethyl adjacent to an activating group) is 1. The summed E-state index contributed by atoms with van der Waals surface area (Å²) >= 11 is 0. The Balaban J connectivity index is 0.000000146. The zero-order valence-electron chi connectivity index (χ0n) is 58.2. The third-order valence-electron chi connectivity index (χ3n) is 18.4. The van der Waals surface area contributed by atoms with E-state index in [1.165, 1.54) is 4.68 Å². The lowest BCUT2D eigenvalue weighted by molar-refractivity contribution is 0.0660. The molecule has 6 N–H and O–H groups in total. The van der Waals surface area contributed by atoms with E-state index in [9.17, 15) is 28.8 Å². The lowest BCUT2D eigenvalue weighted by Crippen LogP contribution is -2.38. The van der Waals surface area contributed by atoms with Gasteiger partial charge in [0.15, 0.2) is 17.1 Å². The minimum Gasteiger partial charge on any atom is -0.381 e. The fourth-order valence-corrected chi connectivity index (χ4v) is 12.7. The molecular weight excluding hydrogens is 1300 g/mol. The number of pyridine rings is 2. The van der Waals surface area contributed by atoms with E-state index in [0.29, 0.717) is 73.4 Å². The second kappa shape index (κ2) is 34.5. The lowest BCUT2D eigenvalue weighted by Gasteiger charge is -2.32. The van der Waals surface area contributed by atoms with Crippen molar-refractivity contribution in [1.82, 2.24) is 94.4 Å². The second-order valence-electron chi connectivity index (χ2n) is 26.4. The maximum absolute atomic E-state index is 13.3. The minimum atomic E-state index is -0.412.